The molecule has 1 spiro atoms. The fourth-order valence-corrected chi connectivity index (χ4v) is 3.65. The molecule has 0 radical (unpaired) electrons. The Hall–Kier alpha value is -1.05. The van der Waals surface area contributed by atoms with E-state index in [0.717, 1.165) is 45.7 Å². The molecule has 1 atom stereocenters. The molecule has 0 aromatic rings. The van der Waals surface area contributed by atoms with Gasteiger partial charge < -0.3 is 10.2 Å². The van der Waals surface area contributed by atoms with Crippen LogP contribution in [0.4, 0.5) is 0 Å². The Morgan fingerprint density at radius 1 is 1.26 bits per heavy atom. The number of hydrogen-bond acceptors (Lipinski definition) is 3. The van der Waals surface area contributed by atoms with Crippen molar-refractivity contribution in [3.8, 4) is 12.3 Å². The molecule has 1 saturated carbocycles. The van der Waals surface area contributed by atoms with Crippen LogP contribution in [-0.2, 0) is 4.79 Å². The van der Waals surface area contributed by atoms with Crippen LogP contribution in [0, 0.1) is 23.7 Å². The lowest BCUT2D eigenvalue weighted by atomic mass is 9.91. The lowest BCUT2D eigenvalue weighted by Crippen LogP contribution is -2.49. The fraction of sp³-hybridized carbons (Fsp3) is 0.800. The Labute approximate surface area is 115 Å². The first-order valence-electron chi connectivity index (χ1n) is 7.40. The number of piperidine rings is 1. The Bertz CT molecular complexity index is 387. The molecule has 0 aromatic carbocycles. The van der Waals surface area contributed by atoms with Gasteiger partial charge >= 0.3 is 0 Å². The highest BCUT2D eigenvalue weighted by molar-refractivity contribution is 5.82. The summed E-state index contributed by atoms with van der Waals surface area (Å²) in [6.07, 6.45) is 8.81. The predicted molar refractivity (Wildman–Crippen MR) is 74.5 cm³/mol. The van der Waals surface area contributed by atoms with Gasteiger partial charge in [0, 0.05) is 32.1 Å². The number of carbonyl (C=O) groups is 1. The number of rotatable bonds is 2. The van der Waals surface area contributed by atoms with Crippen LogP contribution in [0.25, 0.3) is 0 Å². The smallest absolute Gasteiger partial charge is 0.226 e. The van der Waals surface area contributed by atoms with Crippen molar-refractivity contribution in [3.63, 3.8) is 0 Å². The van der Waals surface area contributed by atoms with Crippen LogP contribution in [0.5, 0.6) is 0 Å². The van der Waals surface area contributed by atoms with Gasteiger partial charge in [-0.05, 0) is 37.8 Å². The van der Waals surface area contributed by atoms with Crippen LogP contribution in [0.2, 0.25) is 0 Å². The summed E-state index contributed by atoms with van der Waals surface area (Å²) in [6, 6.07) is 0. The molecule has 2 saturated heterocycles. The highest BCUT2D eigenvalue weighted by Gasteiger charge is 2.58. The minimum absolute atomic E-state index is 0.314. The second-order valence-electron chi connectivity index (χ2n) is 6.17. The number of amides is 1. The molecular weight excluding hydrogens is 238 g/mol. The van der Waals surface area contributed by atoms with Gasteiger partial charge in [0.25, 0.3) is 0 Å². The number of nitrogens with zero attached hydrogens (tertiary/aromatic N) is 2. The zero-order valence-corrected chi connectivity index (χ0v) is 11.5. The van der Waals surface area contributed by atoms with Gasteiger partial charge in [-0.1, -0.05) is 5.92 Å². The van der Waals surface area contributed by atoms with Crippen molar-refractivity contribution in [1.29, 1.82) is 0 Å². The van der Waals surface area contributed by atoms with Crippen LogP contribution >= 0.6 is 0 Å². The first kappa shape index (κ1) is 13.0. The molecule has 1 aliphatic carbocycles. The van der Waals surface area contributed by atoms with E-state index in [1.54, 1.807) is 0 Å². The lowest BCUT2D eigenvalue weighted by Gasteiger charge is -2.34. The second-order valence-corrected chi connectivity index (χ2v) is 6.17. The Morgan fingerprint density at radius 2 is 1.95 bits per heavy atom. The topological polar surface area (TPSA) is 35.6 Å². The first-order valence-corrected chi connectivity index (χ1v) is 7.40. The van der Waals surface area contributed by atoms with Crippen molar-refractivity contribution in [2.75, 3.05) is 45.8 Å². The van der Waals surface area contributed by atoms with Gasteiger partial charge in [-0.15, -0.1) is 6.42 Å². The molecule has 2 heterocycles. The fourth-order valence-electron chi connectivity index (χ4n) is 3.65. The van der Waals surface area contributed by atoms with Crippen LogP contribution in [-0.4, -0.2) is 61.5 Å². The molecule has 104 valence electrons. The maximum absolute atomic E-state index is 12.5. The number of nitrogens with one attached hydrogen (secondary N) is 1. The van der Waals surface area contributed by atoms with E-state index in [1.165, 1.54) is 12.8 Å². The Morgan fingerprint density at radius 3 is 2.58 bits per heavy atom. The summed E-state index contributed by atoms with van der Waals surface area (Å²) >= 11 is 0. The van der Waals surface area contributed by atoms with Crippen molar-refractivity contribution in [2.45, 2.75) is 19.3 Å². The van der Waals surface area contributed by atoms with Crippen molar-refractivity contribution < 1.29 is 4.79 Å². The summed E-state index contributed by atoms with van der Waals surface area (Å²) in [6.45, 7) is 6.44. The summed E-state index contributed by atoms with van der Waals surface area (Å²) < 4.78 is 0. The normalized spacial score (nSPS) is 30.1. The van der Waals surface area contributed by atoms with Crippen LogP contribution in [0.1, 0.15) is 19.3 Å². The largest absolute Gasteiger partial charge is 0.340 e. The van der Waals surface area contributed by atoms with E-state index in [9.17, 15) is 4.79 Å². The van der Waals surface area contributed by atoms with Crippen molar-refractivity contribution >= 4 is 5.91 Å². The summed E-state index contributed by atoms with van der Waals surface area (Å²) in [5, 5.41) is 3.39. The average molecular weight is 261 g/mol. The van der Waals surface area contributed by atoms with E-state index in [0.29, 0.717) is 23.8 Å². The van der Waals surface area contributed by atoms with Gasteiger partial charge in [0.2, 0.25) is 5.91 Å². The molecule has 0 bridgehead atoms. The Kier molecular flexibility index (Phi) is 3.51. The maximum atomic E-state index is 12.5. The van der Waals surface area contributed by atoms with Gasteiger partial charge in [-0.2, -0.15) is 0 Å². The third-order valence-corrected chi connectivity index (χ3v) is 5.09. The second kappa shape index (κ2) is 5.15. The lowest BCUT2D eigenvalue weighted by molar-refractivity contribution is -0.135. The first-order chi connectivity index (χ1) is 9.25. The summed E-state index contributed by atoms with van der Waals surface area (Å²) in [4.78, 5) is 16.9. The van der Waals surface area contributed by atoms with Crippen molar-refractivity contribution in [1.82, 2.24) is 15.1 Å². The molecule has 4 nitrogen and oxygen atoms in total. The molecule has 19 heavy (non-hydrogen) atoms. The Balaban J connectivity index is 1.51. The van der Waals surface area contributed by atoms with Crippen LogP contribution < -0.4 is 5.32 Å². The third kappa shape index (κ3) is 2.50. The van der Waals surface area contributed by atoms with E-state index in [4.69, 9.17) is 6.42 Å². The van der Waals surface area contributed by atoms with E-state index < -0.39 is 0 Å². The summed E-state index contributed by atoms with van der Waals surface area (Å²) in [5.74, 6) is 3.40. The van der Waals surface area contributed by atoms with Crippen LogP contribution in [0.3, 0.4) is 0 Å². The van der Waals surface area contributed by atoms with Gasteiger partial charge in [0.1, 0.15) is 0 Å². The van der Waals surface area contributed by atoms with Crippen LogP contribution in [0.15, 0.2) is 0 Å². The molecule has 3 rings (SSSR count). The van der Waals surface area contributed by atoms with Gasteiger partial charge in [0.15, 0.2) is 0 Å². The molecule has 2 aliphatic heterocycles. The van der Waals surface area contributed by atoms with E-state index in [1.807, 2.05) is 0 Å². The molecular formula is C15H23N3O. The minimum atomic E-state index is 0.314. The van der Waals surface area contributed by atoms with E-state index in [2.05, 4.69) is 21.0 Å². The van der Waals surface area contributed by atoms with E-state index in [-0.39, 0.29) is 0 Å². The average Bonchev–Trinajstić information content (AvgIpc) is 3.13. The highest BCUT2D eigenvalue weighted by atomic mass is 16.2. The minimum Gasteiger partial charge on any atom is -0.340 e. The van der Waals surface area contributed by atoms with Gasteiger partial charge in [-0.3, -0.25) is 9.69 Å². The number of carbonyl (C=O) groups excluding carboxylic acids is 1. The van der Waals surface area contributed by atoms with Gasteiger partial charge in [0.05, 0.1) is 6.54 Å². The summed E-state index contributed by atoms with van der Waals surface area (Å²) in [5.41, 5.74) is 0.359. The quantitative estimate of drug-likeness (QED) is 0.719. The zero-order valence-electron chi connectivity index (χ0n) is 11.5. The van der Waals surface area contributed by atoms with Crippen molar-refractivity contribution in [2.24, 2.45) is 11.3 Å². The number of hydrogen-bond donors (Lipinski definition) is 1. The van der Waals surface area contributed by atoms with Crippen molar-refractivity contribution in [3.05, 3.63) is 0 Å². The molecule has 0 aromatic heterocycles. The maximum Gasteiger partial charge on any atom is 0.226 e. The molecule has 3 aliphatic rings. The van der Waals surface area contributed by atoms with Gasteiger partial charge in [-0.25, -0.2) is 0 Å². The monoisotopic (exact) mass is 261 g/mol. The molecule has 4 heteroatoms. The standard InChI is InChI=1S/C15H23N3O/c1-2-7-17-8-10-18(11-9-17)14(19)13-12-15(13)3-5-16-6-4-15/h1,13,16H,3-12H2. The molecule has 1 unspecified atom stereocenters. The zero-order chi connectivity index (χ0) is 13.3. The summed E-state index contributed by atoms with van der Waals surface area (Å²) in [7, 11) is 0. The molecule has 1 N–H and O–H groups in total. The molecule has 3 fully saturated rings. The highest BCUT2D eigenvalue weighted by Crippen LogP contribution is 2.59. The number of piperazine rings is 1. The molecule has 1 amide bonds. The number of terminal acetylenes is 1. The SMILES string of the molecule is C#CCN1CCN(C(=O)C2CC23CCNCC3)CC1. The predicted octanol–water partition coefficient (Wildman–Crippen LogP) is 0.154. The van der Waals surface area contributed by atoms with E-state index >= 15 is 0 Å². The third-order valence-electron chi connectivity index (χ3n) is 5.09.